The van der Waals surface area contributed by atoms with Crippen molar-refractivity contribution in [3.05, 3.63) is 47.1 Å². The standard InChI is InChI=1S/C13H14FNS/c1-9(7-15)10-6-13(16-8-10)11-4-2-3-5-12(11)14/h2-6,8-9H,7,15H2,1H3. The van der Waals surface area contributed by atoms with Crippen LogP contribution in [0.5, 0.6) is 0 Å². The lowest BCUT2D eigenvalue weighted by molar-refractivity contribution is 0.631. The van der Waals surface area contributed by atoms with Gasteiger partial charge in [0, 0.05) is 10.4 Å². The topological polar surface area (TPSA) is 26.0 Å². The van der Waals surface area contributed by atoms with Crippen molar-refractivity contribution in [2.24, 2.45) is 5.73 Å². The normalized spacial score (nSPS) is 12.7. The molecule has 0 aliphatic heterocycles. The molecule has 3 heteroatoms. The number of hydrogen-bond donors (Lipinski definition) is 1. The molecule has 1 atom stereocenters. The monoisotopic (exact) mass is 235 g/mol. The van der Waals surface area contributed by atoms with Crippen molar-refractivity contribution >= 4 is 11.3 Å². The van der Waals surface area contributed by atoms with Gasteiger partial charge in [-0.3, -0.25) is 0 Å². The first kappa shape index (κ1) is 11.3. The molecule has 0 saturated carbocycles. The van der Waals surface area contributed by atoms with Crippen LogP contribution in [0.4, 0.5) is 4.39 Å². The van der Waals surface area contributed by atoms with Crippen LogP contribution < -0.4 is 5.73 Å². The number of thiophene rings is 1. The van der Waals surface area contributed by atoms with E-state index in [1.165, 1.54) is 11.6 Å². The third-order valence-electron chi connectivity index (χ3n) is 2.68. The minimum absolute atomic E-state index is 0.170. The average Bonchev–Trinajstić information content (AvgIpc) is 2.78. The Kier molecular flexibility index (Phi) is 3.36. The molecule has 0 bridgehead atoms. The summed E-state index contributed by atoms with van der Waals surface area (Å²) >= 11 is 1.56. The first-order chi connectivity index (χ1) is 7.72. The van der Waals surface area contributed by atoms with E-state index in [2.05, 4.69) is 12.3 Å². The summed E-state index contributed by atoms with van der Waals surface area (Å²) < 4.78 is 13.5. The van der Waals surface area contributed by atoms with E-state index in [1.807, 2.05) is 12.1 Å². The average molecular weight is 235 g/mol. The minimum atomic E-state index is -0.170. The van der Waals surface area contributed by atoms with Crippen LogP contribution in [0.2, 0.25) is 0 Å². The predicted molar refractivity (Wildman–Crippen MR) is 67.2 cm³/mol. The number of rotatable bonds is 3. The largest absolute Gasteiger partial charge is 0.330 e. The maximum Gasteiger partial charge on any atom is 0.131 e. The third kappa shape index (κ3) is 2.15. The van der Waals surface area contributed by atoms with Gasteiger partial charge in [-0.25, -0.2) is 4.39 Å². The molecule has 0 fully saturated rings. The highest BCUT2D eigenvalue weighted by molar-refractivity contribution is 7.13. The molecular weight excluding hydrogens is 221 g/mol. The second-order valence-corrected chi connectivity index (χ2v) is 4.77. The first-order valence-electron chi connectivity index (χ1n) is 5.25. The molecule has 1 aromatic heterocycles. The van der Waals surface area contributed by atoms with E-state index in [4.69, 9.17) is 5.73 Å². The van der Waals surface area contributed by atoms with E-state index < -0.39 is 0 Å². The molecule has 1 nitrogen and oxygen atoms in total. The molecule has 84 valence electrons. The summed E-state index contributed by atoms with van der Waals surface area (Å²) in [6, 6.07) is 8.87. The van der Waals surface area contributed by atoms with Gasteiger partial charge in [-0.2, -0.15) is 0 Å². The fourth-order valence-corrected chi connectivity index (χ4v) is 2.61. The quantitative estimate of drug-likeness (QED) is 0.864. The molecule has 2 aromatic rings. The third-order valence-corrected chi connectivity index (χ3v) is 3.66. The second-order valence-electron chi connectivity index (χ2n) is 3.86. The Morgan fingerprint density at radius 1 is 1.38 bits per heavy atom. The molecule has 2 rings (SSSR count). The van der Waals surface area contributed by atoms with Crippen LogP contribution in [0.3, 0.4) is 0 Å². The van der Waals surface area contributed by atoms with E-state index in [9.17, 15) is 4.39 Å². The molecule has 0 aliphatic rings. The summed E-state index contributed by atoms with van der Waals surface area (Å²) in [5.41, 5.74) is 7.47. The molecule has 0 aliphatic carbocycles. The zero-order valence-electron chi connectivity index (χ0n) is 9.11. The maximum atomic E-state index is 13.5. The zero-order valence-corrected chi connectivity index (χ0v) is 9.93. The summed E-state index contributed by atoms with van der Waals surface area (Å²) in [6.45, 7) is 2.70. The van der Waals surface area contributed by atoms with Gasteiger partial charge in [0.2, 0.25) is 0 Å². The molecule has 1 heterocycles. The summed E-state index contributed by atoms with van der Waals surface area (Å²) in [5, 5.41) is 2.05. The lowest BCUT2D eigenvalue weighted by Crippen LogP contribution is -2.07. The summed E-state index contributed by atoms with van der Waals surface area (Å²) in [7, 11) is 0. The smallest absolute Gasteiger partial charge is 0.131 e. The lowest BCUT2D eigenvalue weighted by Gasteiger charge is -2.04. The Bertz CT molecular complexity index is 478. The summed E-state index contributed by atoms with van der Waals surface area (Å²) in [5.74, 6) is 0.160. The number of benzene rings is 1. The Morgan fingerprint density at radius 2 is 2.12 bits per heavy atom. The van der Waals surface area contributed by atoms with E-state index in [0.717, 1.165) is 4.88 Å². The van der Waals surface area contributed by atoms with Crippen molar-refractivity contribution in [2.75, 3.05) is 6.54 Å². The van der Waals surface area contributed by atoms with Crippen LogP contribution in [-0.2, 0) is 0 Å². The predicted octanol–water partition coefficient (Wildman–Crippen LogP) is 3.62. The highest BCUT2D eigenvalue weighted by atomic mass is 32.1. The van der Waals surface area contributed by atoms with Gasteiger partial charge < -0.3 is 5.73 Å². The van der Waals surface area contributed by atoms with Gasteiger partial charge in [0.15, 0.2) is 0 Å². The molecule has 16 heavy (non-hydrogen) atoms. The van der Waals surface area contributed by atoms with Gasteiger partial charge in [0.1, 0.15) is 5.82 Å². The Labute approximate surface area is 98.7 Å². The zero-order chi connectivity index (χ0) is 11.5. The highest BCUT2D eigenvalue weighted by Crippen LogP contribution is 2.31. The second kappa shape index (κ2) is 4.76. The van der Waals surface area contributed by atoms with Crippen LogP contribution in [0.15, 0.2) is 35.7 Å². The Morgan fingerprint density at radius 3 is 2.81 bits per heavy atom. The fraction of sp³-hybridized carbons (Fsp3) is 0.231. The number of halogens is 1. The van der Waals surface area contributed by atoms with Crippen LogP contribution in [0.1, 0.15) is 18.4 Å². The van der Waals surface area contributed by atoms with Crippen molar-refractivity contribution in [3.63, 3.8) is 0 Å². The van der Waals surface area contributed by atoms with Crippen molar-refractivity contribution in [2.45, 2.75) is 12.8 Å². The van der Waals surface area contributed by atoms with Crippen molar-refractivity contribution in [1.82, 2.24) is 0 Å². The van der Waals surface area contributed by atoms with Crippen LogP contribution in [0.25, 0.3) is 10.4 Å². The van der Waals surface area contributed by atoms with Crippen molar-refractivity contribution in [3.8, 4) is 10.4 Å². The van der Waals surface area contributed by atoms with Gasteiger partial charge in [0.05, 0.1) is 0 Å². The SMILES string of the molecule is CC(CN)c1csc(-c2ccccc2F)c1. The molecule has 0 spiro atoms. The molecule has 0 radical (unpaired) electrons. The van der Waals surface area contributed by atoms with Gasteiger partial charge >= 0.3 is 0 Å². The van der Waals surface area contributed by atoms with Gasteiger partial charge in [-0.1, -0.05) is 25.1 Å². The van der Waals surface area contributed by atoms with E-state index in [-0.39, 0.29) is 5.82 Å². The highest BCUT2D eigenvalue weighted by Gasteiger charge is 2.10. The van der Waals surface area contributed by atoms with Crippen molar-refractivity contribution in [1.29, 1.82) is 0 Å². The molecule has 0 saturated heterocycles. The summed E-state index contributed by atoms with van der Waals surface area (Å²) in [4.78, 5) is 0.966. The fourth-order valence-electron chi connectivity index (χ4n) is 1.55. The van der Waals surface area contributed by atoms with Crippen LogP contribution in [0, 0.1) is 5.82 Å². The summed E-state index contributed by atoms with van der Waals surface area (Å²) in [6.07, 6.45) is 0. The lowest BCUT2D eigenvalue weighted by atomic mass is 10.0. The molecule has 1 unspecified atom stereocenters. The van der Waals surface area contributed by atoms with Crippen LogP contribution >= 0.6 is 11.3 Å². The van der Waals surface area contributed by atoms with E-state index in [0.29, 0.717) is 18.0 Å². The number of nitrogens with two attached hydrogens (primary N) is 1. The van der Waals surface area contributed by atoms with Crippen LogP contribution in [-0.4, -0.2) is 6.54 Å². The van der Waals surface area contributed by atoms with E-state index in [1.54, 1.807) is 23.5 Å². The Balaban J connectivity index is 2.35. The minimum Gasteiger partial charge on any atom is -0.330 e. The number of hydrogen-bond acceptors (Lipinski definition) is 2. The molecular formula is C13H14FNS. The molecule has 2 N–H and O–H groups in total. The maximum absolute atomic E-state index is 13.5. The van der Waals surface area contributed by atoms with E-state index >= 15 is 0 Å². The first-order valence-corrected chi connectivity index (χ1v) is 6.13. The van der Waals surface area contributed by atoms with Crippen molar-refractivity contribution < 1.29 is 4.39 Å². The van der Waals surface area contributed by atoms with Gasteiger partial charge in [-0.15, -0.1) is 11.3 Å². The molecule has 0 amide bonds. The van der Waals surface area contributed by atoms with Gasteiger partial charge in [-0.05, 0) is 35.5 Å². The Hall–Kier alpha value is -1.19. The van der Waals surface area contributed by atoms with Gasteiger partial charge in [0.25, 0.3) is 0 Å². The molecule has 1 aromatic carbocycles.